The lowest BCUT2D eigenvalue weighted by Crippen LogP contribution is -1.93. The molecule has 0 aromatic heterocycles. The highest BCUT2D eigenvalue weighted by Crippen LogP contribution is 2.32. The molecule has 1 aromatic rings. The van der Waals surface area contributed by atoms with Crippen LogP contribution in [0.15, 0.2) is 24.3 Å². The second-order valence-electron chi connectivity index (χ2n) is 3.14. The van der Waals surface area contributed by atoms with E-state index in [-0.39, 0.29) is 5.78 Å². The van der Waals surface area contributed by atoms with Crippen LogP contribution >= 0.6 is 11.6 Å². The lowest BCUT2D eigenvalue weighted by molar-refractivity contribution is -0.111. The fourth-order valence-electron chi connectivity index (χ4n) is 1.67. The Morgan fingerprint density at radius 3 is 2.92 bits per heavy atom. The molecule has 0 saturated heterocycles. The molecule has 0 aliphatic heterocycles. The molecule has 0 radical (unpaired) electrons. The van der Waals surface area contributed by atoms with E-state index in [2.05, 4.69) is 0 Å². The molecule has 0 spiro atoms. The lowest BCUT2D eigenvalue weighted by atomic mass is 10.0. The number of rotatable bonds is 1. The highest BCUT2D eigenvalue weighted by Gasteiger charge is 2.18. The summed E-state index contributed by atoms with van der Waals surface area (Å²) in [5.74, 6) is 0.112. The molecule has 0 bridgehead atoms. The molecule has 1 nitrogen and oxygen atoms in total. The summed E-state index contributed by atoms with van der Waals surface area (Å²) in [5, 5.41) is 0.755. The molecule has 0 heterocycles. The predicted molar refractivity (Wildman–Crippen MR) is 53.8 cm³/mol. The molecule has 0 amide bonds. The fourth-order valence-corrected chi connectivity index (χ4v) is 1.92. The third-order valence-corrected chi connectivity index (χ3v) is 2.65. The van der Waals surface area contributed by atoms with E-state index in [1.807, 2.05) is 24.3 Å². The average molecular weight is 193 g/mol. The number of carbonyl (C=O) groups is 1. The van der Waals surface area contributed by atoms with E-state index in [1.165, 1.54) is 0 Å². The van der Waals surface area contributed by atoms with Crippen molar-refractivity contribution in [2.24, 2.45) is 0 Å². The van der Waals surface area contributed by atoms with Gasteiger partial charge in [-0.1, -0.05) is 29.8 Å². The Bertz CT molecular complexity index is 405. The Labute approximate surface area is 82.0 Å². The minimum Gasteiger partial charge on any atom is -0.295 e. The fraction of sp³-hybridized carbons (Fsp3) is 0.182. The Morgan fingerprint density at radius 1 is 1.46 bits per heavy atom. The van der Waals surface area contributed by atoms with Crippen LogP contribution in [0.25, 0.3) is 5.57 Å². The van der Waals surface area contributed by atoms with Gasteiger partial charge in [0.05, 0.1) is 0 Å². The highest BCUT2D eigenvalue weighted by atomic mass is 35.5. The number of carbonyl (C=O) groups excluding carboxylic acids is 1. The van der Waals surface area contributed by atoms with Crippen LogP contribution in [-0.4, -0.2) is 5.78 Å². The number of Topliss-reactive ketones (excluding diaryl/α,β-unsaturated/α-hetero) is 1. The third kappa shape index (κ3) is 1.29. The van der Waals surface area contributed by atoms with Crippen LogP contribution in [0.2, 0.25) is 5.02 Å². The van der Waals surface area contributed by atoms with Crippen LogP contribution in [-0.2, 0) is 11.2 Å². The van der Waals surface area contributed by atoms with Crippen LogP contribution in [0.5, 0.6) is 0 Å². The van der Waals surface area contributed by atoms with Crippen molar-refractivity contribution in [3.05, 3.63) is 40.4 Å². The maximum absolute atomic E-state index is 11.2. The first-order valence-corrected chi connectivity index (χ1v) is 4.57. The van der Waals surface area contributed by atoms with Crippen LogP contribution in [0.1, 0.15) is 18.1 Å². The molecule has 13 heavy (non-hydrogen) atoms. The summed E-state index contributed by atoms with van der Waals surface area (Å²) in [4.78, 5) is 11.2. The Kier molecular flexibility index (Phi) is 1.97. The summed E-state index contributed by atoms with van der Waals surface area (Å²) in [6.07, 6.45) is 2.72. The van der Waals surface area contributed by atoms with Gasteiger partial charge in [0.2, 0.25) is 0 Å². The van der Waals surface area contributed by atoms with Crippen molar-refractivity contribution >= 4 is 23.0 Å². The quantitative estimate of drug-likeness (QED) is 0.669. The van der Waals surface area contributed by atoms with Gasteiger partial charge < -0.3 is 0 Å². The SMILES string of the molecule is CC(=O)C1=CCc2c(Cl)cccc21. The van der Waals surface area contributed by atoms with Crippen molar-refractivity contribution in [1.29, 1.82) is 0 Å². The van der Waals surface area contributed by atoms with Gasteiger partial charge in [0.25, 0.3) is 0 Å². The van der Waals surface area contributed by atoms with Crippen LogP contribution in [0.4, 0.5) is 0 Å². The smallest absolute Gasteiger partial charge is 0.160 e. The van der Waals surface area contributed by atoms with E-state index < -0.39 is 0 Å². The van der Waals surface area contributed by atoms with Crippen molar-refractivity contribution < 1.29 is 4.79 Å². The number of hydrogen-bond donors (Lipinski definition) is 0. The van der Waals surface area contributed by atoms with E-state index in [1.54, 1.807) is 6.92 Å². The normalized spacial score (nSPS) is 13.8. The van der Waals surface area contributed by atoms with Gasteiger partial charge in [-0.3, -0.25) is 4.79 Å². The van der Waals surface area contributed by atoms with Crippen molar-refractivity contribution in [2.75, 3.05) is 0 Å². The number of benzene rings is 1. The minimum absolute atomic E-state index is 0.112. The van der Waals surface area contributed by atoms with Gasteiger partial charge in [0.1, 0.15) is 0 Å². The Hall–Kier alpha value is -1.08. The van der Waals surface area contributed by atoms with Crippen molar-refractivity contribution in [3.8, 4) is 0 Å². The molecule has 2 rings (SSSR count). The first-order valence-electron chi connectivity index (χ1n) is 4.19. The van der Waals surface area contributed by atoms with Gasteiger partial charge in [0.15, 0.2) is 5.78 Å². The third-order valence-electron chi connectivity index (χ3n) is 2.30. The van der Waals surface area contributed by atoms with Crippen LogP contribution < -0.4 is 0 Å². The van der Waals surface area contributed by atoms with Gasteiger partial charge in [-0.15, -0.1) is 0 Å². The average Bonchev–Trinajstić information content (AvgIpc) is 2.48. The Morgan fingerprint density at radius 2 is 2.23 bits per heavy atom. The molecule has 1 aliphatic carbocycles. The first-order chi connectivity index (χ1) is 6.20. The standard InChI is InChI=1S/C11H9ClO/c1-7(13)8-5-6-10-9(8)3-2-4-11(10)12/h2-5H,6H2,1H3. The number of fused-ring (bicyclic) bond motifs is 1. The minimum atomic E-state index is 0.112. The molecule has 2 heteroatoms. The summed E-state index contributed by atoms with van der Waals surface area (Å²) in [6, 6.07) is 5.68. The van der Waals surface area contributed by atoms with E-state index in [4.69, 9.17) is 11.6 Å². The second-order valence-corrected chi connectivity index (χ2v) is 3.55. The zero-order chi connectivity index (χ0) is 9.42. The summed E-state index contributed by atoms with van der Waals surface area (Å²) in [5.41, 5.74) is 2.88. The molecule has 1 aromatic carbocycles. The molecule has 0 fully saturated rings. The number of hydrogen-bond acceptors (Lipinski definition) is 1. The largest absolute Gasteiger partial charge is 0.295 e. The Balaban J connectivity index is 2.56. The summed E-state index contributed by atoms with van der Waals surface area (Å²) >= 11 is 6.00. The number of allylic oxidation sites excluding steroid dienone is 2. The summed E-state index contributed by atoms with van der Waals surface area (Å²) in [6.45, 7) is 1.59. The lowest BCUT2D eigenvalue weighted by Gasteiger charge is -2.03. The number of halogens is 1. The zero-order valence-electron chi connectivity index (χ0n) is 7.30. The van der Waals surface area contributed by atoms with Gasteiger partial charge in [-0.05, 0) is 30.5 Å². The monoisotopic (exact) mass is 192 g/mol. The molecule has 66 valence electrons. The summed E-state index contributed by atoms with van der Waals surface area (Å²) < 4.78 is 0. The van der Waals surface area contributed by atoms with Crippen molar-refractivity contribution in [1.82, 2.24) is 0 Å². The molecular weight excluding hydrogens is 184 g/mol. The molecular formula is C11H9ClO. The molecule has 1 aliphatic rings. The predicted octanol–water partition coefficient (Wildman–Crippen LogP) is 2.87. The first kappa shape index (κ1) is 8.52. The van der Waals surface area contributed by atoms with Gasteiger partial charge in [0, 0.05) is 10.6 Å². The second kappa shape index (κ2) is 3.00. The van der Waals surface area contributed by atoms with E-state index in [9.17, 15) is 4.79 Å². The van der Waals surface area contributed by atoms with Gasteiger partial charge >= 0.3 is 0 Å². The number of ketones is 1. The molecule has 0 saturated carbocycles. The molecule has 0 atom stereocenters. The maximum atomic E-state index is 11.2. The summed E-state index contributed by atoms with van der Waals surface area (Å²) in [7, 11) is 0. The van der Waals surface area contributed by atoms with Crippen LogP contribution in [0, 0.1) is 0 Å². The molecule has 0 N–H and O–H groups in total. The van der Waals surface area contributed by atoms with Crippen LogP contribution in [0.3, 0.4) is 0 Å². The maximum Gasteiger partial charge on any atom is 0.160 e. The van der Waals surface area contributed by atoms with E-state index in [0.29, 0.717) is 0 Å². The molecule has 0 unspecified atom stereocenters. The van der Waals surface area contributed by atoms with E-state index >= 15 is 0 Å². The topological polar surface area (TPSA) is 17.1 Å². The zero-order valence-corrected chi connectivity index (χ0v) is 8.06. The highest BCUT2D eigenvalue weighted by molar-refractivity contribution is 6.32. The van der Waals surface area contributed by atoms with Crippen molar-refractivity contribution in [2.45, 2.75) is 13.3 Å². The van der Waals surface area contributed by atoms with E-state index in [0.717, 1.165) is 28.1 Å². The van der Waals surface area contributed by atoms with Gasteiger partial charge in [-0.25, -0.2) is 0 Å². The van der Waals surface area contributed by atoms with Crippen molar-refractivity contribution in [3.63, 3.8) is 0 Å². The van der Waals surface area contributed by atoms with Gasteiger partial charge in [-0.2, -0.15) is 0 Å².